The van der Waals surface area contributed by atoms with Gasteiger partial charge in [0.05, 0.1) is 0 Å². The zero-order chi connectivity index (χ0) is 9.80. The van der Waals surface area contributed by atoms with E-state index in [1.54, 1.807) is 18.7 Å². The van der Waals surface area contributed by atoms with Gasteiger partial charge in [-0.1, -0.05) is 5.16 Å². The Kier molecular flexibility index (Phi) is 2.55. The molecule has 0 aromatic carbocycles. The second-order valence-corrected chi connectivity index (χ2v) is 2.96. The lowest BCUT2D eigenvalue weighted by molar-refractivity contribution is 0.421. The second kappa shape index (κ2) is 4.02. The van der Waals surface area contributed by atoms with Gasteiger partial charge in [-0.05, 0) is 25.1 Å². The molecule has 0 atom stereocenters. The van der Waals surface area contributed by atoms with E-state index >= 15 is 0 Å². The fourth-order valence-electron chi connectivity index (χ4n) is 1.34. The molecule has 0 aliphatic rings. The van der Waals surface area contributed by atoms with E-state index in [0.717, 1.165) is 23.2 Å². The van der Waals surface area contributed by atoms with E-state index in [-0.39, 0.29) is 0 Å². The van der Waals surface area contributed by atoms with Crippen LogP contribution in [0.3, 0.4) is 0 Å². The van der Waals surface area contributed by atoms with Crippen molar-refractivity contribution in [1.29, 1.82) is 0 Å². The van der Waals surface area contributed by atoms with Crippen molar-refractivity contribution in [2.24, 2.45) is 5.73 Å². The molecule has 72 valence electrons. The molecule has 2 aromatic rings. The first kappa shape index (κ1) is 8.90. The third kappa shape index (κ3) is 1.65. The van der Waals surface area contributed by atoms with Gasteiger partial charge in [-0.25, -0.2) is 0 Å². The Hall–Kier alpha value is -1.68. The Labute approximate surface area is 81.7 Å². The molecule has 14 heavy (non-hydrogen) atoms. The van der Waals surface area contributed by atoms with E-state index in [4.69, 9.17) is 10.3 Å². The van der Waals surface area contributed by atoms with Crippen LogP contribution in [0.4, 0.5) is 0 Å². The summed E-state index contributed by atoms with van der Waals surface area (Å²) in [4.78, 5) is 3.95. The van der Waals surface area contributed by atoms with E-state index in [1.807, 2.05) is 12.1 Å². The summed E-state index contributed by atoms with van der Waals surface area (Å²) < 4.78 is 4.93. The summed E-state index contributed by atoms with van der Waals surface area (Å²) in [7, 11) is 0. The SMILES string of the molecule is NCCc1conc1-c1ccncc1. The van der Waals surface area contributed by atoms with Gasteiger partial charge in [-0.2, -0.15) is 0 Å². The number of rotatable bonds is 3. The third-order valence-corrected chi connectivity index (χ3v) is 2.01. The lowest BCUT2D eigenvalue weighted by atomic mass is 10.1. The van der Waals surface area contributed by atoms with Crippen molar-refractivity contribution in [1.82, 2.24) is 10.1 Å². The van der Waals surface area contributed by atoms with Crippen LogP contribution in [0.5, 0.6) is 0 Å². The zero-order valence-electron chi connectivity index (χ0n) is 7.68. The number of hydrogen-bond donors (Lipinski definition) is 1. The summed E-state index contributed by atoms with van der Waals surface area (Å²) in [5, 5.41) is 3.95. The van der Waals surface area contributed by atoms with Crippen molar-refractivity contribution in [2.75, 3.05) is 6.54 Å². The Balaban J connectivity index is 2.37. The van der Waals surface area contributed by atoms with E-state index in [1.165, 1.54) is 0 Å². The monoisotopic (exact) mass is 189 g/mol. The molecule has 0 aliphatic carbocycles. The maximum absolute atomic E-state index is 5.48. The van der Waals surface area contributed by atoms with Gasteiger partial charge in [0.15, 0.2) is 0 Å². The molecular weight excluding hydrogens is 178 g/mol. The molecule has 4 heteroatoms. The molecule has 2 heterocycles. The predicted octanol–water partition coefficient (Wildman–Crippen LogP) is 1.24. The molecule has 2 N–H and O–H groups in total. The van der Waals surface area contributed by atoms with Gasteiger partial charge >= 0.3 is 0 Å². The van der Waals surface area contributed by atoms with Crippen molar-refractivity contribution in [3.05, 3.63) is 36.4 Å². The summed E-state index contributed by atoms with van der Waals surface area (Å²) in [6, 6.07) is 3.80. The van der Waals surface area contributed by atoms with Crippen molar-refractivity contribution < 1.29 is 4.52 Å². The van der Waals surface area contributed by atoms with Crippen LogP contribution in [-0.4, -0.2) is 16.7 Å². The number of hydrogen-bond acceptors (Lipinski definition) is 4. The average Bonchev–Trinajstić information content (AvgIpc) is 2.68. The first-order chi connectivity index (χ1) is 6.92. The van der Waals surface area contributed by atoms with Crippen LogP contribution < -0.4 is 5.73 Å². The Morgan fingerprint density at radius 1 is 1.29 bits per heavy atom. The van der Waals surface area contributed by atoms with E-state index in [0.29, 0.717) is 6.54 Å². The fraction of sp³-hybridized carbons (Fsp3) is 0.200. The quantitative estimate of drug-likeness (QED) is 0.788. The minimum absolute atomic E-state index is 0.597. The Bertz CT molecular complexity index is 397. The predicted molar refractivity (Wildman–Crippen MR) is 52.5 cm³/mol. The molecule has 0 spiro atoms. The van der Waals surface area contributed by atoms with Crippen LogP contribution in [0.1, 0.15) is 5.56 Å². The molecule has 0 unspecified atom stereocenters. The highest BCUT2D eigenvalue weighted by molar-refractivity contribution is 5.61. The average molecular weight is 189 g/mol. The zero-order valence-corrected chi connectivity index (χ0v) is 7.68. The number of nitrogens with zero attached hydrogens (tertiary/aromatic N) is 2. The summed E-state index contributed by atoms with van der Waals surface area (Å²) in [6.07, 6.45) is 5.89. The molecule has 0 bridgehead atoms. The Morgan fingerprint density at radius 3 is 2.79 bits per heavy atom. The number of pyridine rings is 1. The summed E-state index contributed by atoms with van der Waals surface area (Å²) in [5.41, 5.74) is 8.40. The molecule has 2 aromatic heterocycles. The highest BCUT2D eigenvalue weighted by Gasteiger charge is 2.08. The van der Waals surface area contributed by atoms with Crippen LogP contribution in [-0.2, 0) is 6.42 Å². The van der Waals surface area contributed by atoms with Gasteiger partial charge in [0.2, 0.25) is 0 Å². The van der Waals surface area contributed by atoms with Crippen LogP contribution >= 0.6 is 0 Å². The molecular formula is C10H11N3O. The smallest absolute Gasteiger partial charge is 0.127 e. The largest absolute Gasteiger partial charge is 0.364 e. The van der Waals surface area contributed by atoms with E-state index < -0.39 is 0 Å². The molecule has 0 saturated carbocycles. The van der Waals surface area contributed by atoms with Crippen molar-refractivity contribution in [3.8, 4) is 11.3 Å². The standard InChI is InChI=1S/C10H11N3O/c11-4-1-9-7-14-13-10(9)8-2-5-12-6-3-8/h2-3,5-7H,1,4,11H2. The molecule has 4 nitrogen and oxygen atoms in total. The molecule has 0 radical (unpaired) electrons. The van der Waals surface area contributed by atoms with Crippen LogP contribution in [0.2, 0.25) is 0 Å². The molecule has 0 saturated heterocycles. The lowest BCUT2D eigenvalue weighted by Crippen LogP contribution is -2.02. The second-order valence-electron chi connectivity index (χ2n) is 2.96. The number of aromatic nitrogens is 2. The van der Waals surface area contributed by atoms with Crippen LogP contribution in [0.25, 0.3) is 11.3 Å². The van der Waals surface area contributed by atoms with E-state index in [9.17, 15) is 0 Å². The Morgan fingerprint density at radius 2 is 2.07 bits per heavy atom. The summed E-state index contributed by atoms with van der Waals surface area (Å²) >= 11 is 0. The van der Waals surface area contributed by atoms with Crippen LogP contribution in [0.15, 0.2) is 35.3 Å². The van der Waals surface area contributed by atoms with Gasteiger partial charge < -0.3 is 10.3 Å². The first-order valence-corrected chi connectivity index (χ1v) is 4.45. The van der Waals surface area contributed by atoms with Crippen molar-refractivity contribution in [2.45, 2.75) is 6.42 Å². The molecule has 0 amide bonds. The highest BCUT2D eigenvalue weighted by atomic mass is 16.5. The normalized spacial score (nSPS) is 10.4. The maximum Gasteiger partial charge on any atom is 0.127 e. The minimum Gasteiger partial charge on any atom is -0.364 e. The van der Waals surface area contributed by atoms with Gasteiger partial charge in [-0.15, -0.1) is 0 Å². The topological polar surface area (TPSA) is 64.9 Å². The van der Waals surface area contributed by atoms with Crippen molar-refractivity contribution in [3.63, 3.8) is 0 Å². The van der Waals surface area contributed by atoms with Gasteiger partial charge in [0.25, 0.3) is 0 Å². The van der Waals surface area contributed by atoms with Crippen LogP contribution in [0, 0.1) is 0 Å². The maximum atomic E-state index is 5.48. The lowest BCUT2D eigenvalue weighted by Gasteiger charge is -1.98. The summed E-state index contributed by atoms with van der Waals surface area (Å²) in [6.45, 7) is 0.597. The highest BCUT2D eigenvalue weighted by Crippen LogP contribution is 2.21. The minimum atomic E-state index is 0.597. The molecule has 0 fully saturated rings. The van der Waals surface area contributed by atoms with E-state index in [2.05, 4.69) is 10.1 Å². The summed E-state index contributed by atoms with van der Waals surface area (Å²) in [5.74, 6) is 0. The van der Waals surface area contributed by atoms with Gasteiger partial charge in [0.1, 0.15) is 12.0 Å². The first-order valence-electron chi connectivity index (χ1n) is 4.45. The van der Waals surface area contributed by atoms with Gasteiger partial charge in [-0.3, -0.25) is 4.98 Å². The van der Waals surface area contributed by atoms with Gasteiger partial charge in [0, 0.05) is 23.5 Å². The third-order valence-electron chi connectivity index (χ3n) is 2.01. The fourth-order valence-corrected chi connectivity index (χ4v) is 1.34. The molecule has 2 rings (SSSR count). The number of nitrogens with two attached hydrogens (primary N) is 1. The van der Waals surface area contributed by atoms with Crippen molar-refractivity contribution >= 4 is 0 Å². The molecule has 0 aliphatic heterocycles.